The van der Waals surface area contributed by atoms with E-state index in [1.807, 2.05) is 24.3 Å². The smallest absolute Gasteiger partial charge is 0.377 e. The lowest BCUT2D eigenvalue weighted by atomic mass is 9.93. The molecule has 4 aromatic carbocycles. The molecule has 6 heteroatoms. The monoisotopic (exact) mass is 534 g/mol. The summed E-state index contributed by atoms with van der Waals surface area (Å²) in [6.07, 6.45) is 1.33. The lowest BCUT2D eigenvalue weighted by Gasteiger charge is -2.37. The van der Waals surface area contributed by atoms with Gasteiger partial charge in [0.2, 0.25) is 0 Å². The molecule has 0 saturated heterocycles. The fraction of sp³-hybridized carbons (Fsp3) is 0.250. The minimum atomic E-state index is -2.42. The van der Waals surface area contributed by atoms with Gasteiger partial charge in [-0.2, -0.15) is 0 Å². The first-order valence-electron chi connectivity index (χ1n) is 13.3. The van der Waals surface area contributed by atoms with Crippen molar-refractivity contribution in [1.82, 2.24) is 0 Å². The molecule has 0 unspecified atom stereocenters. The fourth-order valence-electron chi connectivity index (χ4n) is 6.41. The average molecular weight is 534 g/mol. The topological polar surface area (TPSA) is 40.5 Å². The molecule has 1 aliphatic rings. The Hall–Kier alpha value is -2.21. The molecule has 38 heavy (non-hydrogen) atoms. The van der Waals surface area contributed by atoms with Gasteiger partial charge in [-0.25, -0.2) is 0 Å². The second-order valence-electron chi connectivity index (χ2n) is 10.4. The van der Waals surface area contributed by atoms with Gasteiger partial charge in [-0.05, 0) is 60.9 Å². The Balaban J connectivity index is 1.67. The molecule has 0 aliphatic heterocycles. The van der Waals surface area contributed by atoms with Crippen molar-refractivity contribution in [3.8, 4) is 0 Å². The van der Waals surface area contributed by atoms with Gasteiger partial charge in [-0.15, -0.1) is 0 Å². The minimum Gasteiger partial charge on any atom is -0.396 e. The van der Waals surface area contributed by atoms with Crippen molar-refractivity contribution in [2.24, 2.45) is 11.8 Å². The molecule has 0 heterocycles. The Morgan fingerprint density at radius 2 is 1.00 bits per heavy atom. The lowest BCUT2D eigenvalue weighted by molar-refractivity contribution is 0.100. The number of benzene rings is 4. The van der Waals surface area contributed by atoms with E-state index in [0.717, 1.165) is 27.4 Å². The summed E-state index contributed by atoms with van der Waals surface area (Å²) in [6.45, 7) is 0.0321. The van der Waals surface area contributed by atoms with Crippen molar-refractivity contribution in [2.45, 2.75) is 24.6 Å². The Bertz CT molecular complexity index is 1210. The van der Waals surface area contributed by atoms with Crippen LogP contribution in [-0.4, -0.2) is 49.9 Å². The molecule has 0 bridgehead atoms. The number of aliphatic hydroxyl groups is 2. The first-order chi connectivity index (χ1) is 18.5. The molecule has 1 aliphatic carbocycles. The van der Waals surface area contributed by atoms with E-state index in [1.54, 1.807) is 0 Å². The van der Waals surface area contributed by atoms with Crippen molar-refractivity contribution in [3.05, 3.63) is 121 Å². The van der Waals surface area contributed by atoms with Gasteiger partial charge < -0.3 is 10.2 Å². The number of hydrogen-bond donors (Lipinski definition) is 2. The summed E-state index contributed by atoms with van der Waals surface area (Å²) in [6, 6.07) is 41.7. The average Bonchev–Trinajstić information content (AvgIpc) is 3.29. The summed E-state index contributed by atoms with van der Waals surface area (Å²) < 4.78 is 0. The molecular weight excluding hydrogens is 500 g/mol. The van der Waals surface area contributed by atoms with Crippen LogP contribution >= 0.6 is 14.3 Å². The Labute approximate surface area is 230 Å². The zero-order valence-corrected chi connectivity index (χ0v) is 23.4. The first-order valence-corrected chi connectivity index (χ1v) is 17.3. The first kappa shape index (κ1) is 27.4. The fourth-order valence-corrected chi connectivity index (χ4v) is 13.8. The zero-order valence-electron chi connectivity index (χ0n) is 21.6. The SMILES string of the molecule is [B][P+](C[C@H]1[C@H](CCO)[C@H](O)C[C@H]1[P+]([B])(c1ccccc1)c1ccccc1)(c1ccccc1)c1ccccc1. The summed E-state index contributed by atoms with van der Waals surface area (Å²) >= 11 is 0. The van der Waals surface area contributed by atoms with Crippen LogP contribution in [0.3, 0.4) is 0 Å². The predicted octanol–water partition coefficient (Wildman–Crippen LogP) is 4.24. The summed E-state index contributed by atoms with van der Waals surface area (Å²) in [4.78, 5) is 0. The number of aliphatic hydroxyl groups excluding tert-OH is 2. The number of hydrogen-bond acceptors (Lipinski definition) is 2. The molecule has 5 rings (SSSR count). The van der Waals surface area contributed by atoms with Crippen molar-refractivity contribution < 1.29 is 10.2 Å². The van der Waals surface area contributed by atoms with Crippen molar-refractivity contribution in [2.75, 3.05) is 12.8 Å². The normalized spacial score (nSPS) is 21.8. The van der Waals surface area contributed by atoms with Gasteiger partial charge in [0.15, 0.2) is 0 Å². The quantitative estimate of drug-likeness (QED) is 0.249. The minimum absolute atomic E-state index is 0.0321. The van der Waals surface area contributed by atoms with Crippen LogP contribution in [-0.2, 0) is 0 Å². The highest BCUT2D eigenvalue weighted by atomic mass is 31.2. The van der Waals surface area contributed by atoms with Crippen LogP contribution in [0.5, 0.6) is 0 Å². The molecule has 188 valence electrons. The van der Waals surface area contributed by atoms with E-state index >= 15 is 0 Å². The van der Waals surface area contributed by atoms with E-state index in [2.05, 4.69) is 97.1 Å². The van der Waals surface area contributed by atoms with Gasteiger partial charge in [0.25, 0.3) is 0 Å². The molecule has 0 aromatic heterocycles. The van der Waals surface area contributed by atoms with E-state index in [0.29, 0.717) is 12.8 Å². The van der Waals surface area contributed by atoms with Gasteiger partial charge in [-0.1, -0.05) is 72.8 Å². The van der Waals surface area contributed by atoms with E-state index in [4.69, 9.17) is 15.1 Å². The Morgan fingerprint density at radius 1 is 0.605 bits per heavy atom. The summed E-state index contributed by atoms with van der Waals surface area (Å²) in [7, 11) is 10.5. The van der Waals surface area contributed by atoms with Gasteiger partial charge in [0.05, 0.1) is 39.1 Å². The van der Waals surface area contributed by atoms with Crippen LogP contribution < -0.4 is 21.2 Å². The maximum atomic E-state index is 11.5. The molecular formula is C32H34B2O2P2+2. The van der Waals surface area contributed by atoms with E-state index in [9.17, 15) is 10.2 Å². The number of rotatable bonds is 9. The summed E-state index contributed by atoms with van der Waals surface area (Å²) in [5.74, 6) is -0.0228. The molecule has 1 fully saturated rings. The van der Waals surface area contributed by atoms with Gasteiger partial charge in [-0.3, -0.25) is 0 Å². The maximum absolute atomic E-state index is 11.5. The highest BCUT2D eigenvalue weighted by molar-refractivity contribution is 8.09. The second kappa shape index (κ2) is 11.9. The molecule has 1 saturated carbocycles. The van der Waals surface area contributed by atoms with E-state index < -0.39 is 20.4 Å². The van der Waals surface area contributed by atoms with Crippen LogP contribution in [0.4, 0.5) is 0 Å². The standard InChI is InChI=1S/C32H34B2O2P2/c33-37(25-13-5-1-6-14-25,26-15-7-2-8-16-26)24-30-29(21-22-35)31(36)23-32(30)38(34,27-17-9-3-10-18-27)28-19-11-4-12-20-28/h1-20,29-32,35-36H,21-24H2/q+2/t29-,30-,31+,32+/m0/s1. The molecule has 4 radical (unpaired) electrons. The predicted molar refractivity (Wildman–Crippen MR) is 168 cm³/mol. The molecule has 0 spiro atoms. The van der Waals surface area contributed by atoms with Crippen molar-refractivity contribution in [3.63, 3.8) is 0 Å². The van der Waals surface area contributed by atoms with Crippen molar-refractivity contribution in [1.29, 1.82) is 0 Å². The van der Waals surface area contributed by atoms with Crippen LogP contribution in [0.15, 0.2) is 121 Å². The zero-order chi connectivity index (χ0) is 26.6. The Morgan fingerprint density at radius 3 is 1.39 bits per heavy atom. The van der Waals surface area contributed by atoms with Gasteiger partial charge in [0.1, 0.15) is 0 Å². The molecule has 2 N–H and O–H groups in total. The van der Waals surface area contributed by atoms with Crippen LogP contribution in [0, 0.1) is 11.8 Å². The van der Waals surface area contributed by atoms with Gasteiger partial charge in [0, 0.05) is 33.2 Å². The highest BCUT2D eigenvalue weighted by Crippen LogP contribution is 2.67. The second-order valence-corrected chi connectivity index (χ2v) is 16.8. The van der Waals surface area contributed by atoms with Crippen LogP contribution in [0.2, 0.25) is 0 Å². The summed E-state index contributed by atoms with van der Waals surface area (Å²) in [5, 5.41) is 26.1. The third-order valence-electron chi connectivity index (χ3n) is 8.31. The van der Waals surface area contributed by atoms with Crippen LogP contribution in [0.1, 0.15) is 12.8 Å². The third kappa shape index (κ3) is 5.17. The van der Waals surface area contributed by atoms with E-state index in [-0.39, 0.29) is 24.1 Å². The van der Waals surface area contributed by atoms with Crippen LogP contribution in [0.25, 0.3) is 0 Å². The molecule has 4 aromatic rings. The highest BCUT2D eigenvalue weighted by Gasteiger charge is 2.59. The maximum Gasteiger partial charge on any atom is 0.377 e. The van der Waals surface area contributed by atoms with Gasteiger partial charge >= 0.3 is 15.1 Å². The Kier molecular flexibility index (Phi) is 8.56. The van der Waals surface area contributed by atoms with Crippen molar-refractivity contribution >= 4 is 50.6 Å². The third-order valence-corrected chi connectivity index (χ3v) is 15.7. The van der Waals surface area contributed by atoms with E-state index in [1.165, 1.54) is 0 Å². The molecule has 2 nitrogen and oxygen atoms in total. The largest absolute Gasteiger partial charge is 0.396 e. The lowest BCUT2D eigenvalue weighted by Crippen LogP contribution is -2.39. The summed E-state index contributed by atoms with van der Waals surface area (Å²) in [5.41, 5.74) is 0.0363. The molecule has 4 atom stereocenters. The molecule has 0 amide bonds.